The minimum Gasteiger partial charge on any atom is -0.497 e. The summed E-state index contributed by atoms with van der Waals surface area (Å²) in [6.45, 7) is 6.53. The average Bonchev–Trinajstić information content (AvgIpc) is 2.70. The molecule has 6 heteroatoms. The average molecular weight is 385 g/mol. The number of amides is 1. The Hall–Kier alpha value is -3.02. The summed E-state index contributed by atoms with van der Waals surface area (Å²) in [4.78, 5) is 24.5. The first-order valence-electron chi connectivity index (χ1n) is 9.23. The number of nitrogens with one attached hydrogen (secondary N) is 1. The third-order valence-corrected chi connectivity index (χ3v) is 3.93. The molecule has 0 saturated heterocycles. The van der Waals surface area contributed by atoms with E-state index in [1.807, 2.05) is 38.1 Å². The van der Waals surface area contributed by atoms with Gasteiger partial charge < -0.3 is 19.5 Å². The molecule has 2 rings (SSSR count). The molecule has 0 spiro atoms. The highest BCUT2D eigenvalue weighted by Gasteiger charge is 2.19. The monoisotopic (exact) mass is 385 g/mol. The molecule has 2 aromatic rings. The van der Waals surface area contributed by atoms with Crippen molar-refractivity contribution in [2.24, 2.45) is 5.92 Å². The van der Waals surface area contributed by atoms with Gasteiger partial charge >= 0.3 is 5.97 Å². The van der Waals surface area contributed by atoms with Gasteiger partial charge in [-0.15, -0.1) is 0 Å². The molecular formula is C22H27NO5. The number of carbonyl (C=O) groups is 2. The zero-order valence-electron chi connectivity index (χ0n) is 16.7. The van der Waals surface area contributed by atoms with Crippen LogP contribution in [0.15, 0.2) is 48.5 Å². The van der Waals surface area contributed by atoms with Gasteiger partial charge in [0.2, 0.25) is 0 Å². The van der Waals surface area contributed by atoms with Gasteiger partial charge in [0.05, 0.1) is 19.3 Å². The van der Waals surface area contributed by atoms with Crippen molar-refractivity contribution in [3.05, 3.63) is 59.7 Å². The third-order valence-electron chi connectivity index (χ3n) is 3.93. The van der Waals surface area contributed by atoms with Gasteiger partial charge in [0.25, 0.3) is 5.91 Å². The quantitative estimate of drug-likeness (QED) is 0.668. The molecule has 0 aliphatic rings. The van der Waals surface area contributed by atoms with Gasteiger partial charge in [-0.25, -0.2) is 4.79 Å². The Kier molecular flexibility index (Phi) is 7.87. The highest BCUT2D eigenvalue weighted by molar-refractivity contribution is 5.92. The number of esters is 1. The van der Waals surface area contributed by atoms with E-state index < -0.39 is 12.1 Å². The first-order valence-corrected chi connectivity index (χ1v) is 9.23. The fraction of sp³-hybridized carbons (Fsp3) is 0.364. The molecule has 1 atom stereocenters. The number of methoxy groups -OCH3 is 1. The van der Waals surface area contributed by atoms with E-state index in [0.717, 1.165) is 11.3 Å². The maximum Gasteiger partial charge on any atom is 0.339 e. The topological polar surface area (TPSA) is 73.9 Å². The maximum absolute atomic E-state index is 12.3. The molecule has 0 aliphatic carbocycles. The lowest BCUT2D eigenvalue weighted by Gasteiger charge is -2.14. The summed E-state index contributed by atoms with van der Waals surface area (Å²) in [6.07, 6.45) is -0.911. The summed E-state index contributed by atoms with van der Waals surface area (Å²) in [5.41, 5.74) is 1.26. The molecule has 150 valence electrons. The van der Waals surface area contributed by atoms with Crippen LogP contribution in [0.25, 0.3) is 0 Å². The lowest BCUT2D eigenvalue weighted by Crippen LogP contribution is -2.35. The zero-order valence-corrected chi connectivity index (χ0v) is 16.7. The van der Waals surface area contributed by atoms with Crippen LogP contribution < -0.4 is 14.8 Å². The number of benzene rings is 2. The summed E-state index contributed by atoms with van der Waals surface area (Å²) in [5.74, 6) is 0.792. The van der Waals surface area contributed by atoms with Crippen molar-refractivity contribution in [3.8, 4) is 11.5 Å². The van der Waals surface area contributed by atoms with Gasteiger partial charge in [-0.05, 0) is 48.7 Å². The molecule has 0 unspecified atom stereocenters. The van der Waals surface area contributed by atoms with E-state index in [-0.39, 0.29) is 5.91 Å². The Balaban J connectivity index is 1.86. The summed E-state index contributed by atoms with van der Waals surface area (Å²) in [5, 5.41) is 2.76. The molecule has 1 amide bonds. The number of hydrogen-bond donors (Lipinski definition) is 1. The first-order chi connectivity index (χ1) is 13.4. The second kappa shape index (κ2) is 10.3. The Morgan fingerprint density at radius 3 is 2.36 bits per heavy atom. The van der Waals surface area contributed by atoms with Crippen LogP contribution in [0.2, 0.25) is 0 Å². The lowest BCUT2D eigenvalue weighted by atomic mass is 10.2. The van der Waals surface area contributed by atoms with Gasteiger partial charge in [0.1, 0.15) is 11.5 Å². The van der Waals surface area contributed by atoms with Crippen LogP contribution in [0.4, 0.5) is 0 Å². The van der Waals surface area contributed by atoms with Crippen LogP contribution in [-0.4, -0.2) is 31.7 Å². The standard InChI is InChI=1S/C22H27NO5/c1-15(2)14-27-20-7-5-6-18(12-20)22(25)28-16(3)21(24)23-13-17-8-10-19(26-4)11-9-17/h5-12,15-16H,13-14H2,1-4H3,(H,23,24)/t16-/m0/s1. The summed E-state index contributed by atoms with van der Waals surface area (Å²) in [7, 11) is 1.60. The van der Waals surface area contributed by atoms with Crippen LogP contribution in [0.3, 0.4) is 0 Å². The van der Waals surface area contributed by atoms with Crippen molar-refractivity contribution >= 4 is 11.9 Å². The first kappa shape index (κ1) is 21.3. The number of hydrogen-bond acceptors (Lipinski definition) is 5. The van der Waals surface area contributed by atoms with Crippen molar-refractivity contribution in [3.63, 3.8) is 0 Å². The van der Waals surface area contributed by atoms with E-state index in [9.17, 15) is 9.59 Å². The van der Waals surface area contributed by atoms with Crippen molar-refractivity contribution in [1.29, 1.82) is 0 Å². The summed E-state index contributed by atoms with van der Waals surface area (Å²) < 4.78 is 16.0. The van der Waals surface area contributed by atoms with Gasteiger partial charge in [0, 0.05) is 6.54 Å². The molecule has 2 aromatic carbocycles. The molecular weight excluding hydrogens is 358 g/mol. The van der Waals surface area contributed by atoms with Gasteiger partial charge in [0.15, 0.2) is 6.10 Å². The van der Waals surface area contributed by atoms with Crippen LogP contribution in [0, 0.1) is 5.92 Å². The van der Waals surface area contributed by atoms with E-state index in [0.29, 0.717) is 30.4 Å². The SMILES string of the molecule is COc1ccc(CNC(=O)[C@H](C)OC(=O)c2cccc(OCC(C)C)c2)cc1. The third kappa shape index (κ3) is 6.61. The summed E-state index contributed by atoms with van der Waals surface area (Å²) in [6, 6.07) is 14.1. The normalized spacial score (nSPS) is 11.6. The van der Waals surface area contributed by atoms with E-state index in [2.05, 4.69) is 5.32 Å². The van der Waals surface area contributed by atoms with E-state index >= 15 is 0 Å². The highest BCUT2D eigenvalue weighted by atomic mass is 16.5. The van der Waals surface area contributed by atoms with Gasteiger partial charge in [-0.2, -0.15) is 0 Å². The largest absolute Gasteiger partial charge is 0.497 e. The van der Waals surface area contributed by atoms with Crippen molar-refractivity contribution in [1.82, 2.24) is 5.32 Å². The predicted molar refractivity (Wildman–Crippen MR) is 106 cm³/mol. The smallest absolute Gasteiger partial charge is 0.339 e. The maximum atomic E-state index is 12.3. The predicted octanol–water partition coefficient (Wildman–Crippen LogP) is 3.59. The second-order valence-corrected chi connectivity index (χ2v) is 6.85. The number of rotatable bonds is 9. The molecule has 0 fully saturated rings. The molecule has 0 bridgehead atoms. The molecule has 0 saturated carbocycles. The highest BCUT2D eigenvalue weighted by Crippen LogP contribution is 2.16. The minimum atomic E-state index is -0.911. The number of carbonyl (C=O) groups excluding carboxylic acids is 2. The van der Waals surface area contributed by atoms with E-state index in [1.165, 1.54) is 0 Å². The molecule has 0 heterocycles. The zero-order chi connectivity index (χ0) is 20.5. The second-order valence-electron chi connectivity index (χ2n) is 6.85. The van der Waals surface area contributed by atoms with Crippen LogP contribution in [-0.2, 0) is 16.1 Å². The Morgan fingerprint density at radius 1 is 1.00 bits per heavy atom. The lowest BCUT2D eigenvalue weighted by molar-refractivity contribution is -0.129. The molecule has 0 radical (unpaired) electrons. The van der Waals surface area contributed by atoms with E-state index in [4.69, 9.17) is 14.2 Å². The fourth-order valence-corrected chi connectivity index (χ4v) is 2.33. The van der Waals surface area contributed by atoms with Crippen LogP contribution in [0.5, 0.6) is 11.5 Å². The van der Waals surface area contributed by atoms with E-state index in [1.54, 1.807) is 38.3 Å². The Labute approximate surface area is 165 Å². The van der Waals surface area contributed by atoms with Crippen molar-refractivity contribution in [2.45, 2.75) is 33.4 Å². The minimum absolute atomic E-state index is 0.337. The molecule has 28 heavy (non-hydrogen) atoms. The van der Waals surface area contributed by atoms with Gasteiger partial charge in [-0.1, -0.05) is 32.0 Å². The van der Waals surface area contributed by atoms with Crippen LogP contribution in [0.1, 0.15) is 36.7 Å². The summed E-state index contributed by atoms with van der Waals surface area (Å²) >= 11 is 0. The molecule has 1 N–H and O–H groups in total. The fourth-order valence-electron chi connectivity index (χ4n) is 2.33. The Bertz CT molecular complexity index is 786. The molecule has 6 nitrogen and oxygen atoms in total. The van der Waals surface area contributed by atoms with Crippen LogP contribution >= 0.6 is 0 Å². The van der Waals surface area contributed by atoms with Crippen molar-refractivity contribution in [2.75, 3.05) is 13.7 Å². The van der Waals surface area contributed by atoms with Gasteiger partial charge in [-0.3, -0.25) is 4.79 Å². The molecule has 0 aromatic heterocycles. The molecule has 0 aliphatic heterocycles. The Morgan fingerprint density at radius 2 is 1.71 bits per heavy atom. The number of ether oxygens (including phenoxy) is 3. The van der Waals surface area contributed by atoms with Crippen molar-refractivity contribution < 1.29 is 23.8 Å².